The van der Waals surface area contributed by atoms with Crippen molar-refractivity contribution in [2.75, 3.05) is 19.6 Å². The van der Waals surface area contributed by atoms with Gasteiger partial charge in [-0.25, -0.2) is 0 Å². The number of carbonyl (C=O) groups is 1. The molecule has 2 saturated heterocycles. The summed E-state index contributed by atoms with van der Waals surface area (Å²) in [6.45, 7) is 3.06. The molecule has 3 aliphatic rings. The smallest absolute Gasteiger partial charge is 0.223 e. The van der Waals surface area contributed by atoms with Crippen molar-refractivity contribution < 1.29 is 4.79 Å². The van der Waals surface area contributed by atoms with Crippen LogP contribution in [0.5, 0.6) is 0 Å². The third kappa shape index (κ3) is 2.65. The van der Waals surface area contributed by atoms with Crippen LogP contribution in [0.3, 0.4) is 0 Å². The third-order valence-electron chi connectivity index (χ3n) is 5.48. The number of nitrogens with two attached hydrogens (primary N) is 1. The summed E-state index contributed by atoms with van der Waals surface area (Å²) in [7, 11) is 0. The van der Waals surface area contributed by atoms with E-state index in [1.165, 1.54) is 38.8 Å². The van der Waals surface area contributed by atoms with Gasteiger partial charge in [-0.1, -0.05) is 12.8 Å². The maximum absolute atomic E-state index is 12.5. The standard InChI is InChI=1S/C15H27N3O/c16-10-11-4-3-5-12(11)15(19)17-13-7-9-18-8-2-1-6-14(13)18/h11-14H,1-10,16H2,(H,17,19)/t11-,12-,13?,14?/m1/s1. The van der Waals surface area contributed by atoms with Crippen molar-refractivity contribution >= 4 is 5.91 Å². The molecular weight excluding hydrogens is 238 g/mol. The van der Waals surface area contributed by atoms with Gasteiger partial charge in [-0.2, -0.15) is 0 Å². The Morgan fingerprint density at radius 2 is 2.00 bits per heavy atom. The summed E-state index contributed by atoms with van der Waals surface area (Å²) in [5, 5.41) is 3.35. The first kappa shape index (κ1) is 13.4. The van der Waals surface area contributed by atoms with Gasteiger partial charge in [-0.3, -0.25) is 9.69 Å². The number of hydrogen-bond acceptors (Lipinski definition) is 3. The molecule has 3 N–H and O–H groups in total. The molecule has 2 heterocycles. The van der Waals surface area contributed by atoms with E-state index in [1.54, 1.807) is 0 Å². The molecule has 0 bridgehead atoms. The highest BCUT2D eigenvalue weighted by atomic mass is 16.2. The molecule has 4 nitrogen and oxygen atoms in total. The summed E-state index contributed by atoms with van der Waals surface area (Å²) in [5.74, 6) is 0.886. The molecule has 1 saturated carbocycles. The van der Waals surface area contributed by atoms with Crippen molar-refractivity contribution in [3.05, 3.63) is 0 Å². The van der Waals surface area contributed by atoms with E-state index in [4.69, 9.17) is 5.73 Å². The van der Waals surface area contributed by atoms with Crippen LogP contribution in [0.2, 0.25) is 0 Å². The molecule has 2 aliphatic heterocycles. The Balaban J connectivity index is 1.57. The number of piperidine rings is 1. The number of nitrogens with one attached hydrogen (secondary N) is 1. The Morgan fingerprint density at radius 3 is 2.84 bits per heavy atom. The van der Waals surface area contributed by atoms with Crippen LogP contribution in [0.4, 0.5) is 0 Å². The number of hydrogen-bond donors (Lipinski definition) is 2. The molecule has 19 heavy (non-hydrogen) atoms. The van der Waals surface area contributed by atoms with E-state index in [0.29, 0.717) is 24.5 Å². The molecule has 2 unspecified atom stereocenters. The van der Waals surface area contributed by atoms with Gasteiger partial charge in [0.1, 0.15) is 0 Å². The molecule has 1 amide bonds. The second-order valence-electron chi connectivity index (χ2n) is 6.54. The summed E-state index contributed by atoms with van der Waals surface area (Å²) in [6, 6.07) is 1.00. The fourth-order valence-corrected chi connectivity index (χ4v) is 4.37. The summed E-state index contributed by atoms with van der Waals surface area (Å²) in [6.07, 6.45) is 8.38. The first-order valence-corrected chi connectivity index (χ1v) is 8.04. The van der Waals surface area contributed by atoms with Crippen LogP contribution >= 0.6 is 0 Å². The zero-order valence-electron chi connectivity index (χ0n) is 11.8. The Bertz CT molecular complexity index is 333. The van der Waals surface area contributed by atoms with E-state index >= 15 is 0 Å². The van der Waals surface area contributed by atoms with Crippen LogP contribution in [0.25, 0.3) is 0 Å². The fourth-order valence-electron chi connectivity index (χ4n) is 4.37. The highest BCUT2D eigenvalue weighted by Gasteiger charge is 2.39. The van der Waals surface area contributed by atoms with E-state index in [0.717, 1.165) is 19.3 Å². The predicted octanol–water partition coefficient (Wildman–Crippen LogP) is 1.10. The molecule has 4 atom stereocenters. The zero-order valence-corrected chi connectivity index (χ0v) is 11.8. The SMILES string of the molecule is NC[C@H]1CCC[C@H]1C(=O)NC1CCN2CCCCC12. The summed E-state index contributed by atoms with van der Waals surface area (Å²) in [5.41, 5.74) is 5.79. The Hall–Kier alpha value is -0.610. The van der Waals surface area contributed by atoms with Gasteiger partial charge in [0.05, 0.1) is 0 Å². The molecule has 1 aliphatic carbocycles. The largest absolute Gasteiger partial charge is 0.351 e. The maximum atomic E-state index is 12.5. The third-order valence-corrected chi connectivity index (χ3v) is 5.48. The van der Waals surface area contributed by atoms with Gasteiger partial charge in [-0.15, -0.1) is 0 Å². The van der Waals surface area contributed by atoms with Crippen molar-refractivity contribution in [1.29, 1.82) is 0 Å². The van der Waals surface area contributed by atoms with Crippen LogP contribution in [0.15, 0.2) is 0 Å². The summed E-state index contributed by atoms with van der Waals surface area (Å²) < 4.78 is 0. The predicted molar refractivity (Wildman–Crippen MR) is 75.6 cm³/mol. The normalized spacial score (nSPS) is 39.2. The molecule has 4 heteroatoms. The van der Waals surface area contributed by atoms with Gasteiger partial charge in [-0.05, 0) is 51.1 Å². The lowest BCUT2D eigenvalue weighted by Gasteiger charge is -2.33. The van der Waals surface area contributed by atoms with Gasteiger partial charge in [0, 0.05) is 24.5 Å². The van der Waals surface area contributed by atoms with Crippen LogP contribution in [-0.2, 0) is 4.79 Å². The monoisotopic (exact) mass is 265 g/mol. The molecule has 3 rings (SSSR count). The van der Waals surface area contributed by atoms with Crippen LogP contribution < -0.4 is 11.1 Å². The minimum atomic E-state index is 0.183. The second-order valence-corrected chi connectivity index (χ2v) is 6.54. The number of fused-ring (bicyclic) bond motifs is 1. The number of rotatable bonds is 3. The van der Waals surface area contributed by atoms with Gasteiger partial charge >= 0.3 is 0 Å². The molecule has 0 radical (unpaired) electrons. The Morgan fingerprint density at radius 1 is 1.11 bits per heavy atom. The minimum absolute atomic E-state index is 0.183. The van der Waals surface area contributed by atoms with Crippen molar-refractivity contribution in [1.82, 2.24) is 10.2 Å². The molecule has 0 aromatic rings. The van der Waals surface area contributed by atoms with Crippen LogP contribution in [-0.4, -0.2) is 42.5 Å². The fraction of sp³-hybridized carbons (Fsp3) is 0.933. The van der Waals surface area contributed by atoms with Crippen molar-refractivity contribution in [2.24, 2.45) is 17.6 Å². The summed E-state index contributed by atoms with van der Waals surface area (Å²) >= 11 is 0. The lowest BCUT2D eigenvalue weighted by Crippen LogP contribution is -2.49. The molecule has 3 fully saturated rings. The highest BCUT2D eigenvalue weighted by molar-refractivity contribution is 5.79. The van der Waals surface area contributed by atoms with E-state index in [9.17, 15) is 4.79 Å². The van der Waals surface area contributed by atoms with E-state index in [2.05, 4.69) is 10.2 Å². The van der Waals surface area contributed by atoms with E-state index < -0.39 is 0 Å². The Kier molecular flexibility index (Phi) is 4.08. The Labute approximate surface area is 116 Å². The summed E-state index contributed by atoms with van der Waals surface area (Å²) in [4.78, 5) is 15.0. The quantitative estimate of drug-likeness (QED) is 0.803. The first-order chi connectivity index (χ1) is 9.29. The molecule has 0 spiro atoms. The average Bonchev–Trinajstić information content (AvgIpc) is 3.05. The highest BCUT2D eigenvalue weighted by Crippen LogP contribution is 2.32. The van der Waals surface area contributed by atoms with Gasteiger partial charge in [0.2, 0.25) is 5.91 Å². The lowest BCUT2D eigenvalue weighted by molar-refractivity contribution is -0.126. The lowest BCUT2D eigenvalue weighted by atomic mass is 9.93. The van der Waals surface area contributed by atoms with Gasteiger partial charge in [0.25, 0.3) is 0 Å². The van der Waals surface area contributed by atoms with Crippen LogP contribution in [0.1, 0.15) is 44.9 Å². The van der Waals surface area contributed by atoms with Gasteiger partial charge < -0.3 is 11.1 Å². The molecule has 0 aromatic carbocycles. The average molecular weight is 265 g/mol. The van der Waals surface area contributed by atoms with E-state index in [-0.39, 0.29) is 11.8 Å². The minimum Gasteiger partial charge on any atom is -0.351 e. The molecule has 0 aromatic heterocycles. The van der Waals surface area contributed by atoms with Crippen molar-refractivity contribution in [2.45, 2.75) is 57.0 Å². The van der Waals surface area contributed by atoms with E-state index in [1.807, 2.05) is 0 Å². The van der Waals surface area contributed by atoms with Gasteiger partial charge in [0.15, 0.2) is 0 Å². The molecular formula is C15H27N3O. The van der Waals surface area contributed by atoms with Crippen molar-refractivity contribution in [3.8, 4) is 0 Å². The second kappa shape index (κ2) is 5.80. The molecule has 108 valence electrons. The topological polar surface area (TPSA) is 58.4 Å². The van der Waals surface area contributed by atoms with Crippen LogP contribution in [0, 0.1) is 11.8 Å². The first-order valence-electron chi connectivity index (χ1n) is 8.04. The maximum Gasteiger partial charge on any atom is 0.223 e. The number of nitrogens with zero attached hydrogens (tertiary/aromatic N) is 1. The van der Waals surface area contributed by atoms with Crippen molar-refractivity contribution in [3.63, 3.8) is 0 Å². The number of carbonyl (C=O) groups excluding carboxylic acids is 1. The zero-order chi connectivity index (χ0) is 13.2. The number of amides is 1.